The van der Waals surface area contributed by atoms with Crippen molar-refractivity contribution in [2.24, 2.45) is 0 Å². The average Bonchev–Trinajstić information content (AvgIpc) is 3.20. The number of hydrogen-bond acceptors (Lipinski definition) is 6. The summed E-state index contributed by atoms with van der Waals surface area (Å²) < 4.78 is 16.2. The number of rotatable bonds is 3. The van der Waals surface area contributed by atoms with Crippen LogP contribution in [-0.4, -0.2) is 41.3 Å². The Morgan fingerprint density at radius 2 is 2.22 bits per heavy atom. The quantitative estimate of drug-likeness (QED) is 0.859. The second-order valence-electron chi connectivity index (χ2n) is 5.50. The Morgan fingerprint density at radius 1 is 1.35 bits per heavy atom. The van der Waals surface area contributed by atoms with Gasteiger partial charge in [-0.05, 0) is 24.5 Å². The summed E-state index contributed by atoms with van der Waals surface area (Å²) in [4.78, 5) is 14.0. The highest BCUT2D eigenvalue weighted by molar-refractivity contribution is 7.99. The molecule has 120 valence electrons. The highest BCUT2D eigenvalue weighted by Gasteiger charge is 2.28. The number of nitrogens with zero attached hydrogens (tertiary/aromatic N) is 2. The first-order chi connectivity index (χ1) is 11.3. The molecular weight excluding hydrogens is 316 g/mol. The van der Waals surface area contributed by atoms with Crippen LogP contribution in [0.5, 0.6) is 11.5 Å². The second-order valence-corrected chi connectivity index (χ2v) is 6.37. The van der Waals surface area contributed by atoms with Crippen LogP contribution in [0.25, 0.3) is 11.3 Å². The first-order valence-electron chi connectivity index (χ1n) is 7.40. The van der Waals surface area contributed by atoms with E-state index >= 15 is 0 Å². The Balaban J connectivity index is 1.65. The van der Waals surface area contributed by atoms with Gasteiger partial charge >= 0.3 is 0 Å². The molecule has 2 aromatic rings. The van der Waals surface area contributed by atoms with Crippen LogP contribution in [0.15, 0.2) is 22.7 Å². The number of amides is 1. The number of ether oxygens (including phenoxy) is 2. The third kappa shape index (κ3) is 2.55. The van der Waals surface area contributed by atoms with Gasteiger partial charge in [0.05, 0.1) is 12.3 Å². The van der Waals surface area contributed by atoms with Crippen molar-refractivity contribution in [3.63, 3.8) is 0 Å². The van der Waals surface area contributed by atoms with E-state index in [4.69, 9.17) is 14.0 Å². The summed E-state index contributed by atoms with van der Waals surface area (Å²) in [5.74, 6) is 2.97. The molecule has 0 unspecified atom stereocenters. The van der Waals surface area contributed by atoms with Gasteiger partial charge in [0.25, 0.3) is 0 Å². The second kappa shape index (κ2) is 5.81. The Labute approximate surface area is 137 Å². The summed E-state index contributed by atoms with van der Waals surface area (Å²) in [5, 5.41) is 4.22. The molecule has 3 heterocycles. The SMILES string of the molecule is CSCC(=O)N1CCc2onc(-c3ccc4c(c3)OCO4)c2C1. The molecule has 0 aliphatic carbocycles. The molecule has 0 saturated carbocycles. The van der Waals surface area contributed by atoms with Crippen molar-refractivity contribution < 1.29 is 18.8 Å². The van der Waals surface area contributed by atoms with E-state index in [1.54, 1.807) is 11.8 Å². The molecule has 0 saturated heterocycles. The molecule has 6 nitrogen and oxygen atoms in total. The van der Waals surface area contributed by atoms with Gasteiger partial charge in [0.15, 0.2) is 11.5 Å². The molecule has 1 aromatic heterocycles. The predicted molar refractivity (Wildman–Crippen MR) is 85.6 cm³/mol. The minimum atomic E-state index is 0.154. The minimum Gasteiger partial charge on any atom is -0.454 e. The number of fused-ring (bicyclic) bond motifs is 2. The van der Waals surface area contributed by atoms with E-state index in [2.05, 4.69) is 5.16 Å². The van der Waals surface area contributed by atoms with Gasteiger partial charge in [-0.3, -0.25) is 4.79 Å². The predicted octanol–water partition coefficient (Wildman–Crippen LogP) is 2.32. The van der Waals surface area contributed by atoms with Crippen molar-refractivity contribution >= 4 is 17.7 Å². The van der Waals surface area contributed by atoms with Crippen LogP contribution >= 0.6 is 11.8 Å². The lowest BCUT2D eigenvalue weighted by molar-refractivity contribution is -0.129. The first-order valence-corrected chi connectivity index (χ1v) is 8.80. The van der Waals surface area contributed by atoms with Crippen molar-refractivity contribution in [1.82, 2.24) is 10.1 Å². The van der Waals surface area contributed by atoms with Crippen molar-refractivity contribution in [1.29, 1.82) is 0 Å². The van der Waals surface area contributed by atoms with Crippen molar-refractivity contribution in [3.05, 3.63) is 29.5 Å². The monoisotopic (exact) mass is 332 g/mol. The fourth-order valence-corrected chi connectivity index (χ4v) is 3.34. The van der Waals surface area contributed by atoms with Crippen LogP contribution in [-0.2, 0) is 17.8 Å². The van der Waals surface area contributed by atoms with Crippen molar-refractivity contribution in [2.45, 2.75) is 13.0 Å². The number of benzene rings is 1. The lowest BCUT2D eigenvalue weighted by Crippen LogP contribution is -2.36. The molecule has 0 atom stereocenters. The summed E-state index contributed by atoms with van der Waals surface area (Å²) in [6.07, 6.45) is 2.64. The van der Waals surface area contributed by atoms with Gasteiger partial charge < -0.3 is 18.9 Å². The number of aromatic nitrogens is 1. The minimum absolute atomic E-state index is 0.154. The number of carbonyl (C=O) groups is 1. The zero-order valence-corrected chi connectivity index (χ0v) is 13.5. The maximum Gasteiger partial charge on any atom is 0.232 e. The molecule has 0 N–H and O–H groups in total. The molecule has 23 heavy (non-hydrogen) atoms. The Hall–Kier alpha value is -2.15. The molecule has 0 bridgehead atoms. The third-order valence-electron chi connectivity index (χ3n) is 4.09. The van der Waals surface area contributed by atoms with Gasteiger partial charge in [0.2, 0.25) is 12.7 Å². The maximum atomic E-state index is 12.1. The zero-order chi connectivity index (χ0) is 15.8. The highest BCUT2D eigenvalue weighted by Crippen LogP contribution is 2.38. The van der Waals surface area contributed by atoms with Gasteiger partial charge in [-0.25, -0.2) is 0 Å². The molecule has 0 spiro atoms. The molecule has 7 heteroatoms. The lowest BCUT2D eigenvalue weighted by Gasteiger charge is -2.26. The molecule has 2 aliphatic heterocycles. The van der Waals surface area contributed by atoms with Crippen LogP contribution < -0.4 is 9.47 Å². The standard InChI is InChI=1S/C16H16N2O4S/c1-23-8-15(19)18-5-4-12-11(7-18)16(17-22-12)10-2-3-13-14(6-10)21-9-20-13/h2-3,6H,4-5,7-9H2,1H3. The topological polar surface area (TPSA) is 64.8 Å². The van der Waals surface area contributed by atoms with E-state index < -0.39 is 0 Å². The molecule has 1 aromatic carbocycles. The van der Waals surface area contributed by atoms with Crippen molar-refractivity contribution in [3.8, 4) is 22.8 Å². The summed E-state index contributed by atoms with van der Waals surface area (Å²) in [7, 11) is 0. The van der Waals surface area contributed by atoms with E-state index in [9.17, 15) is 4.79 Å². The molecule has 2 aliphatic rings. The van der Waals surface area contributed by atoms with Crippen LogP contribution in [0, 0.1) is 0 Å². The van der Waals surface area contributed by atoms with E-state index in [1.165, 1.54) is 0 Å². The van der Waals surface area contributed by atoms with Gasteiger partial charge in [0, 0.05) is 24.1 Å². The summed E-state index contributed by atoms with van der Waals surface area (Å²) in [6, 6.07) is 5.72. The highest BCUT2D eigenvalue weighted by atomic mass is 32.2. The van der Waals surface area contributed by atoms with Gasteiger partial charge in [-0.2, -0.15) is 11.8 Å². The fraction of sp³-hybridized carbons (Fsp3) is 0.375. The molecule has 0 fully saturated rings. The maximum absolute atomic E-state index is 12.1. The Morgan fingerprint density at radius 3 is 3.09 bits per heavy atom. The third-order valence-corrected chi connectivity index (χ3v) is 4.63. The summed E-state index contributed by atoms with van der Waals surface area (Å²) >= 11 is 1.54. The first kappa shape index (κ1) is 14.4. The molecule has 1 amide bonds. The summed E-state index contributed by atoms with van der Waals surface area (Å²) in [5.41, 5.74) is 2.68. The largest absolute Gasteiger partial charge is 0.454 e. The molecule has 4 rings (SSSR count). The van der Waals surface area contributed by atoms with E-state index in [-0.39, 0.29) is 12.7 Å². The summed E-state index contributed by atoms with van der Waals surface area (Å²) in [6.45, 7) is 1.47. The van der Waals surface area contributed by atoms with Gasteiger partial charge in [-0.15, -0.1) is 0 Å². The van der Waals surface area contributed by atoms with Crippen LogP contribution in [0.2, 0.25) is 0 Å². The number of hydrogen-bond donors (Lipinski definition) is 0. The number of carbonyl (C=O) groups excluding carboxylic acids is 1. The van der Waals surface area contributed by atoms with Gasteiger partial charge in [-0.1, -0.05) is 5.16 Å². The van der Waals surface area contributed by atoms with Crippen molar-refractivity contribution in [2.75, 3.05) is 25.3 Å². The van der Waals surface area contributed by atoms with Crippen LogP contribution in [0.1, 0.15) is 11.3 Å². The normalized spacial score (nSPS) is 15.6. The Kier molecular flexibility index (Phi) is 3.65. The van der Waals surface area contributed by atoms with E-state index in [0.29, 0.717) is 31.0 Å². The fourth-order valence-electron chi connectivity index (χ4n) is 2.91. The zero-order valence-electron chi connectivity index (χ0n) is 12.7. The van der Waals surface area contributed by atoms with E-state index in [0.717, 1.165) is 28.3 Å². The average molecular weight is 332 g/mol. The van der Waals surface area contributed by atoms with E-state index in [1.807, 2.05) is 29.4 Å². The molecular formula is C16H16N2O4S. The van der Waals surface area contributed by atoms with Crippen LogP contribution in [0.3, 0.4) is 0 Å². The smallest absolute Gasteiger partial charge is 0.232 e. The number of thioether (sulfide) groups is 1. The van der Waals surface area contributed by atoms with Gasteiger partial charge in [0.1, 0.15) is 11.5 Å². The lowest BCUT2D eigenvalue weighted by atomic mass is 10.0. The van der Waals surface area contributed by atoms with Crippen LogP contribution in [0.4, 0.5) is 0 Å². The molecule has 0 radical (unpaired) electrons. The Bertz CT molecular complexity index is 759.